The molecule has 0 saturated carbocycles. The SMILES string of the molecule is CC(=O)c1cc2c(nc1C)sc1c(N)ncnc12. The van der Waals surface area contributed by atoms with Crippen LogP contribution in [-0.2, 0) is 0 Å². The first kappa shape index (κ1) is 11.0. The van der Waals surface area contributed by atoms with Crippen LogP contribution in [0.25, 0.3) is 20.4 Å². The van der Waals surface area contributed by atoms with Gasteiger partial charge in [-0.1, -0.05) is 0 Å². The predicted octanol–water partition coefficient (Wildman–Crippen LogP) is 2.33. The first-order chi connectivity index (χ1) is 8.58. The Morgan fingerprint density at radius 1 is 1.39 bits per heavy atom. The monoisotopic (exact) mass is 258 g/mol. The number of aromatic nitrogens is 3. The van der Waals surface area contributed by atoms with Crippen LogP contribution in [0.5, 0.6) is 0 Å². The molecule has 2 N–H and O–H groups in total. The van der Waals surface area contributed by atoms with E-state index < -0.39 is 0 Å². The minimum Gasteiger partial charge on any atom is -0.382 e. The lowest BCUT2D eigenvalue weighted by Gasteiger charge is -2.00. The number of ketones is 1. The number of fused-ring (bicyclic) bond motifs is 3. The van der Waals surface area contributed by atoms with Crippen LogP contribution >= 0.6 is 11.3 Å². The molecule has 0 unspecified atom stereocenters. The first-order valence-electron chi connectivity index (χ1n) is 5.39. The number of hydrogen-bond donors (Lipinski definition) is 1. The summed E-state index contributed by atoms with van der Waals surface area (Å²) in [5, 5.41) is 0.861. The second-order valence-corrected chi connectivity index (χ2v) is 5.07. The summed E-state index contributed by atoms with van der Waals surface area (Å²) in [5.74, 6) is 0.452. The van der Waals surface area contributed by atoms with E-state index in [1.807, 2.05) is 13.0 Å². The van der Waals surface area contributed by atoms with Gasteiger partial charge in [0, 0.05) is 16.6 Å². The van der Waals surface area contributed by atoms with Crippen molar-refractivity contribution in [1.82, 2.24) is 15.0 Å². The van der Waals surface area contributed by atoms with Gasteiger partial charge in [-0.3, -0.25) is 4.79 Å². The molecule has 90 valence electrons. The molecular formula is C12H10N4OS. The summed E-state index contributed by atoms with van der Waals surface area (Å²) >= 11 is 1.45. The second-order valence-electron chi connectivity index (χ2n) is 4.07. The average Bonchev–Trinajstić information content (AvgIpc) is 2.67. The third kappa shape index (κ3) is 1.46. The van der Waals surface area contributed by atoms with Gasteiger partial charge in [0.05, 0.1) is 10.2 Å². The van der Waals surface area contributed by atoms with Gasteiger partial charge in [0.15, 0.2) is 5.78 Å². The number of aryl methyl sites for hydroxylation is 1. The van der Waals surface area contributed by atoms with Crippen molar-refractivity contribution >= 4 is 43.4 Å². The number of rotatable bonds is 1. The summed E-state index contributed by atoms with van der Waals surface area (Å²) in [5.41, 5.74) is 7.94. The van der Waals surface area contributed by atoms with Crippen LogP contribution < -0.4 is 5.73 Å². The van der Waals surface area contributed by atoms with Crippen molar-refractivity contribution in [3.63, 3.8) is 0 Å². The highest BCUT2D eigenvalue weighted by atomic mass is 32.1. The highest BCUT2D eigenvalue weighted by Crippen LogP contribution is 2.34. The molecule has 18 heavy (non-hydrogen) atoms. The molecule has 3 aromatic heterocycles. The Hall–Kier alpha value is -2.08. The molecule has 0 aliphatic carbocycles. The Bertz CT molecular complexity index is 793. The van der Waals surface area contributed by atoms with Crippen LogP contribution in [-0.4, -0.2) is 20.7 Å². The smallest absolute Gasteiger partial charge is 0.161 e. The van der Waals surface area contributed by atoms with Gasteiger partial charge in [0.25, 0.3) is 0 Å². The number of carbonyl (C=O) groups excluding carboxylic acids is 1. The van der Waals surface area contributed by atoms with Crippen LogP contribution in [0, 0.1) is 6.92 Å². The molecule has 0 aromatic carbocycles. The van der Waals surface area contributed by atoms with Crippen LogP contribution in [0.4, 0.5) is 5.82 Å². The Kier molecular flexibility index (Phi) is 2.27. The van der Waals surface area contributed by atoms with Gasteiger partial charge in [-0.15, -0.1) is 11.3 Å². The van der Waals surface area contributed by atoms with Crippen molar-refractivity contribution < 1.29 is 4.79 Å². The van der Waals surface area contributed by atoms with Crippen molar-refractivity contribution in [2.24, 2.45) is 0 Å². The van der Waals surface area contributed by atoms with Crippen molar-refractivity contribution in [3.05, 3.63) is 23.7 Å². The lowest BCUT2D eigenvalue weighted by Crippen LogP contribution is -1.98. The summed E-state index contributed by atoms with van der Waals surface area (Å²) in [6.45, 7) is 3.36. The molecule has 3 rings (SSSR count). The lowest BCUT2D eigenvalue weighted by atomic mass is 10.1. The van der Waals surface area contributed by atoms with Crippen LogP contribution in [0.1, 0.15) is 23.0 Å². The van der Waals surface area contributed by atoms with E-state index in [0.29, 0.717) is 11.4 Å². The second kappa shape index (κ2) is 3.71. The third-order valence-corrected chi connectivity index (χ3v) is 3.95. The Labute approximate surface area is 107 Å². The topological polar surface area (TPSA) is 81.8 Å². The van der Waals surface area contributed by atoms with Crippen molar-refractivity contribution in [2.75, 3.05) is 5.73 Å². The molecule has 0 amide bonds. The summed E-state index contributed by atoms with van der Waals surface area (Å²) in [7, 11) is 0. The van der Waals surface area contributed by atoms with Crippen LogP contribution in [0.2, 0.25) is 0 Å². The number of carbonyl (C=O) groups is 1. The molecule has 3 heterocycles. The van der Waals surface area contributed by atoms with Crippen molar-refractivity contribution in [3.8, 4) is 0 Å². The Morgan fingerprint density at radius 2 is 2.17 bits per heavy atom. The standard InChI is InChI=1S/C12H10N4OS/c1-5-7(6(2)17)3-8-9-10(18-12(8)16-5)11(13)15-4-14-9/h3-4H,1-2H3,(H2,13,14,15). The fraction of sp³-hybridized carbons (Fsp3) is 0.167. The molecule has 3 aromatic rings. The molecule has 0 fully saturated rings. The average molecular weight is 258 g/mol. The van der Waals surface area contributed by atoms with E-state index in [1.165, 1.54) is 24.6 Å². The Balaban J connectivity index is 2.49. The quantitative estimate of drug-likeness (QED) is 0.677. The molecule has 0 spiro atoms. The van der Waals surface area contributed by atoms with Crippen molar-refractivity contribution in [1.29, 1.82) is 0 Å². The lowest BCUT2D eigenvalue weighted by molar-refractivity contribution is 0.101. The maximum absolute atomic E-state index is 11.5. The highest BCUT2D eigenvalue weighted by Gasteiger charge is 2.14. The molecule has 0 bridgehead atoms. The number of anilines is 1. The number of hydrogen-bond acceptors (Lipinski definition) is 6. The van der Waals surface area contributed by atoms with Gasteiger partial charge in [-0.2, -0.15) is 0 Å². The summed E-state index contributed by atoms with van der Waals surface area (Å²) < 4.78 is 0.820. The number of nitrogens with zero attached hydrogens (tertiary/aromatic N) is 3. The number of pyridine rings is 1. The fourth-order valence-electron chi connectivity index (χ4n) is 1.96. The first-order valence-corrected chi connectivity index (χ1v) is 6.21. The van der Waals surface area contributed by atoms with E-state index in [-0.39, 0.29) is 5.78 Å². The zero-order valence-corrected chi connectivity index (χ0v) is 10.7. The Morgan fingerprint density at radius 3 is 2.89 bits per heavy atom. The van der Waals surface area contributed by atoms with Crippen molar-refractivity contribution in [2.45, 2.75) is 13.8 Å². The fourth-order valence-corrected chi connectivity index (χ4v) is 3.02. The normalized spacial score (nSPS) is 11.2. The summed E-state index contributed by atoms with van der Waals surface area (Å²) in [4.78, 5) is 25.0. The van der Waals surface area contributed by atoms with Gasteiger partial charge >= 0.3 is 0 Å². The zero-order valence-electron chi connectivity index (χ0n) is 9.89. The maximum atomic E-state index is 11.5. The molecule has 0 aliphatic rings. The summed E-state index contributed by atoms with van der Waals surface area (Å²) in [6.07, 6.45) is 1.43. The largest absolute Gasteiger partial charge is 0.382 e. The molecule has 0 atom stereocenters. The summed E-state index contributed by atoms with van der Waals surface area (Å²) in [6, 6.07) is 1.84. The van der Waals surface area contributed by atoms with Crippen LogP contribution in [0.3, 0.4) is 0 Å². The van der Waals surface area contributed by atoms with E-state index in [2.05, 4.69) is 15.0 Å². The molecular weight excluding hydrogens is 248 g/mol. The van der Waals surface area contributed by atoms with E-state index in [1.54, 1.807) is 0 Å². The molecule has 0 saturated heterocycles. The van der Waals surface area contributed by atoms with Gasteiger partial charge in [-0.05, 0) is 19.9 Å². The number of thiophene rings is 1. The van der Waals surface area contributed by atoms with E-state index in [9.17, 15) is 4.79 Å². The minimum atomic E-state index is 0.00304. The molecule has 5 nitrogen and oxygen atoms in total. The number of nitrogen functional groups attached to an aromatic ring is 1. The van der Waals surface area contributed by atoms with Gasteiger partial charge in [-0.25, -0.2) is 15.0 Å². The predicted molar refractivity (Wildman–Crippen MR) is 71.9 cm³/mol. The third-order valence-electron chi connectivity index (χ3n) is 2.84. The van der Waals surface area contributed by atoms with Gasteiger partial charge in [0.2, 0.25) is 0 Å². The van der Waals surface area contributed by atoms with E-state index >= 15 is 0 Å². The molecule has 0 aliphatic heterocycles. The van der Waals surface area contributed by atoms with Gasteiger partial charge < -0.3 is 5.73 Å². The highest BCUT2D eigenvalue weighted by molar-refractivity contribution is 7.25. The molecule has 0 radical (unpaired) electrons. The maximum Gasteiger partial charge on any atom is 0.161 e. The van der Waals surface area contributed by atoms with Crippen LogP contribution in [0.15, 0.2) is 12.4 Å². The number of Topliss-reactive ketones (excluding diaryl/α,β-unsaturated/α-hetero) is 1. The van der Waals surface area contributed by atoms with Gasteiger partial charge in [0.1, 0.15) is 17.0 Å². The minimum absolute atomic E-state index is 0.00304. The zero-order chi connectivity index (χ0) is 12.9. The number of nitrogens with two attached hydrogens (primary N) is 1. The van der Waals surface area contributed by atoms with E-state index in [0.717, 1.165) is 26.1 Å². The van der Waals surface area contributed by atoms with E-state index in [4.69, 9.17) is 5.73 Å². The molecule has 6 heteroatoms.